The summed E-state index contributed by atoms with van der Waals surface area (Å²) >= 11 is 0. The lowest BCUT2D eigenvalue weighted by Crippen LogP contribution is -2.30. The number of esters is 1. The minimum atomic E-state index is -1.07. The zero-order chi connectivity index (χ0) is 20.1. The maximum Gasteiger partial charge on any atom is 0.357 e. The van der Waals surface area contributed by atoms with Crippen LogP contribution in [0.15, 0.2) is 61.1 Å². The number of aromatic nitrogens is 2. The normalized spacial score (nSPS) is 11.3. The van der Waals surface area contributed by atoms with E-state index in [-0.39, 0.29) is 5.69 Å². The van der Waals surface area contributed by atoms with Crippen molar-refractivity contribution >= 4 is 17.6 Å². The molecule has 8 heteroatoms. The van der Waals surface area contributed by atoms with Crippen LogP contribution >= 0.6 is 0 Å². The zero-order valence-corrected chi connectivity index (χ0v) is 14.8. The van der Waals surface area contributed by atoms with E-state index in [1.165, 1.54) is 48.3 Å². The third kappa shape index (κ3) is 4.22. The quantitative estimate of drug-likeness (QED) is 0.688. The number of anilines is 1. The number of imidazole rings is 1. The molecule has 0 aliphatic rings. The number of nitriles is 1. The molecule has 1 heterocycles. The van der Waals surface area contributed by atoms with Gasteiger partial charge in [-0.15, -0.1) is 0 Å². The number of carbonyl (C=O) groups excluding carboxylic acids is 2. The highest BCUT2D eigenvalue weighted by molar-refractivity contribution is 5.97. The van der Waals surface area contributed by atoms with E-state index in [2.05, 4.69) is 10.3 Å². The van der Waals surface area contributed by atoms with Crippen molar-refractivity contribution < 1.29 is 18.7 Å². The van der Waals surface area contributed by atoms with Crippen LogP contribution in [0.1, 0.15) is 23.0 Å². The monoisotopic (exact) mass is 378 g/mol. The third-order valence-electron chi connectivity index (χ3n) is 3.89. The number of carbonyl (C=O) groups is 2. The summed E-state index contributed by atoms with van der Waals surface area (Å²) in [5.74, 6) is -1.67. The van der Waals surface area contributed by atoms with Gasteiger partial charge in [0.1, 0.15) is 5.82 Å². The van der Waals surface area contributed by atoms with Crippen molar-refractivity contribution in [2.75, 3.05) is 5.32 Å². The molecular weight excluding hydrogens is 363 g/mol. The van der Waals surface area contributed by atoms with E-state index in [4.69, 9.17) is 10.00 Å². The van der Waals surface area contributed by atoms with E-state index in [0.29, 0.717) is 16.9 Å². The van der Waals surface area contributed by atoms with E-state index in [0.717, 1.165) is 0 Å². The molecule has 140 valence electrons. The predicted octanol–water partition coefficient (Wildman–Crippen LogP) is 3.07. The smallest absolute Gasteiger partial charge is 0.357 e. The molecule has 0 unspecified atom stereocenters. The van der Waals surface area contributed by atoms with E-state index >= 15 is 0 Å². The SMILES string of the molecule is C[C@H](OC(=O)c1cncn1-c1ccc(F)cc1)C(=O)Nc1ccc(C#N)cc1. The minimum absolute atomic E-state index is 0.102. The van der Waals surface area contributed by atoms with Crippen molar-refractivity contribution in [2.45, 2.75) is 13.0 Å². The van der Waals surface area contributed by atoms with Gasteiger partial charge < -0.3 is 10.1 Å². The van der Waals surface area contributed by atoms with Crippen LogP contribution in [0, 0.1) is 17.1 Å². The van der Waals surface area contributed by atoms with Gasteiger partial charge in [0.05, 0.1) is 24.2 Å². The zero-order valence-electron chi connectivity index (χ0n) is 14.8. The Bertz CT molecular complexity index is 1040. The molecule has 0 spiro atoms. The first-order chi connectivity index (χ1) is 13.5. The maximum atomic E-state index is 13.1. The van der Waals surface area contributed by atoms with E-state index in [1.807, 2.05) is 6.07 Å². The summed E-state index contributed by atoms with van der Waals surface area (Å²) in [7, 11) is 0. The first kappa shape index (κ1) is 18.8. The number of rotatable bonds is 5. The Balaban J connectivity index is 1.67. The first-order valence-corrected chi connectivity index (χ1v) is 8.28. The molecule has 1 atom stereocenters. The largest absolute Gasteiger partial charge is 0.448 e. The van der Waals surface area contributed by atoms with Crippen LogP contribution < -0.4 is 5.32 Å². The molecule has 0 bridgehead atoms. The molecule has 0 aliphatic carbocycles. The molecule has 0 saturated carbocycles. The maximum absolute atomic E-state index is 13.1. The Morgan fingerprint density at radius 2 is 1.86 bits per heavy atom. The molecule has 7 nitrogen and oxygen atoms in total. The van der Waals surface area contributed by atoms with Crippen LogP contribution in [-0.2, 0) is 9.53 Å². The number of nitrogens with zero attached hydrogens (tertiary/aromatic N) is 3. The van der Waals surface area contributed by atoms with Gasteiger partial charge in [0.15, 0.2) is 11.8 Å². The number of nitrogens with one attached hydrogen (secondary N) is 1. The summed E-state index contributed by atoms with van der Waals surface area (Å²) in [6.07, 6.45) is 1.63. The second kappa shape index (κ2) is 8.14. The Labute approximate surface area is 160 Å². The van der Waals surface area contributed by atoms with Gasteiger partial charge in [-0.05, 0) is 55.5 Å². The van der Waals surface area contributed by atoms with E-state index < -0.39 is 23.8 Å². The molecule has 1 amide bonds. The molecule has 0 radical (unpaired) electrons. The Morgan fingerprint density at radius 1 is 1.18 bits per heavy atom. The van der Waals surface area contributed by atoms with Gasteiger partial charge in [-0.3, -0.25) is 9.36 Å². The van der Waals surface area contributed by atoms with Gasteiger partial charge in [-0.2, -0.15) is 5.26 Å². The second-order valence-corrected chi connectivity index (χ2v) is 5.85. The second-order valence-electron chi connectivity index (χ2n) is 5.85. The van der Waals surface area contributed by atoms with Crippen molar-refractivity contribution in [1.29, 1.82) is 5.26 Å². The number of benzene rings is 2. The van der Waals surface area contributed by atoms with E-state index in [1.54, 1.807) is 24.3 Å². The first-order valence-electron chi connectivity index (χ1n) is 8.28. The summed E-state index contributed by atoms with van der Waals surface area (Å²) in [5.41, 5.74) is 1.57. The number of hydrogen-bond donors (Lipinski definition) is 1. The third-order valence-corrected chi connectivity index (χ3v) is 3.89. The Morgan fingerprint density at radius 3 is 2.50 bits per heavy atom. The van der Waals surface area contributed by atoms with Crippen molar-refractivity contribution in [2.24, 2.45) is 0 Å². The molecule has 28 heavy (non-hydrogen) atoms. The van der Waals surface area contributed by atoms with Crippen LogP contribution in [0.5, 0.6) is 0 Å². The summed E-state index contributed by atoms with van der Waals surface area (Å²) in [4.78, 5) is 28.6. The number of ether oxygens (including phenoxy) is 1. The minimum Gasteiger partial charge on any atom is -0.448 e. The van der Waals surface area contributed by atoms with E-state index in [9.17, 15) is 14.0 Å². The highest BCUT2D eigenvalue weighted by Gasteiger charge is 2.22. The van der Waals surface area contributed by atoms with Crippen molar-refractivity contribution in [3.8, 4) is 11.8 Å². The molecule has 0 fully saturated rings. The Hall–Kier alpha value is -3.99. The van der Waals surface area contributed by atoms with Gasteiger partial charge in [-0.1, -0.05) is 0 Å². The average molecular weight is 378 g/mol. The lowest BCUT2D eigenvalue weighted by molar-refractivity contribution is -0.123. The summed E-state index contributed by atoms with van der Waals surface area (Å²) < 4.78 is 19.8. The number of halogens is 1. The van der Waals surface area contributed by atoms with Crippen molar-refractivity contribution in [3.63, 3.8) is 0 Å². The lowest BCUT2D eigenvalue weighted by atomic mass is 10.2. The molecular formula is C20H15FN4O3. The highest BCUT2D eigenvalue weighted by atomic mass is 19.1. The summed E-state index contributed by atoms with van der Waals surface area (Å²) in [6, 6.07) is 13.8. The topological polar surface area (TPSA) is 97.0 Å². The van der Waals surface area contributed by atoms with Crippen LogP contribution in [0.4, 0.5) is 10.1 Å². The molecule has 1 aromatic heterocycles. The number of hydrogen-bond acceptors (Lipinski definition) is 5. The van der Waals surface area contributed by atoms with Crippen LogP contribution in [0.2, 0.25) is 0 Å². The molecule has 0 aliphatic heterocycles. The van der Waals surface area contributed by atoms with Gasteiger partial charge in [0, 0.05) is 11.4 Å². The number of amides is 1. The fourth-order valence-corrected chi connectivity index (χ4v) is 2.40. The van der Waals surface area contributed by atoms with Gasteiger partial charge in [0.2, 0.25) is 0 Å². The highest BCUT2D eigenvalue weighted by Crippen LogP contribution is 2.15. The molecule has 2 aromatic carbocycles. The van der Waals surface area contributed by atoms with Gasteiger partial charge in [0.25, 0.3) is 5.91 Å². The average Bonchev–Trinajstić information content (AvgIpc) is 3.19. The van der Waals surface area contributed by atoms with Crippen LogP contribution in [-0.4, -0.2) is 27.5 Å². The van der Waals surface area contributed by atoms with Crippen LogP contribution in [0.25, 0.3) is 5.69 Å². The summed E-state index contributed by atoms with van der Waals surface area (Å²) in [5, 5.41) is 11.4. The lowest BCUT2D eigenvalue weighted by Gasteiger charge is -2.14. The van der Waals surface area contributed by atoms with Gasteiger partial charge in [-0.25, -0.2) is 14.2 Å². The standard InChI is InChI=1S/C20H15FN4O3/c1-13(19(26)24-16-6-2-14(10-22)3-7-16)28-20(27)18-11-23-12-25(18)17-8-4-15(21)5-9-17/h2-9,11-13H,1H3,(H,24,26)/t13-/m0/s1. The van der Waals surface area contributed by atoms with Crippen molar-refractivity contribution in [1.82, 2.24) is 9.55 Å². The molecule has 1 N–H and O–H groups in total. The summed E-state index contributed by atoms with van der Waals surface area (Å²) in [6.45, 7) is 1.44. The fraction of sp³-hybridized carbons (Fsp3) is 0.100. The Kier molecular flexibility index (Phi) is 5.46. The molecule has 3 rings (SSSR count). The molecule has 0 saturated heterocycles. The fourth-order valence-electron chi connectivity index (χ4n) is 2.40. The van der Waals surface area contributed by atoms with Crippen molar-refractivity contribution in [3.05, 3.63) is 78.1 Å². The van der Waals surface area contributed by atoms with Gasteiger partial charge >= 0.3 is 5.97 Å². The molecule has 3 aromatic rings. The van der Waals surface area contributed by atoms with Crippen LogP contribution in [0.3, 0.4) is 0 Å². The predicted molar refractivity (Wildman–Crippen MR) is 98.2 cm³/mol.